The van der Waals surface area contributed by atoms with Gasteiger partial charge in [-0.2, -0.15) is 5.10 Å². The van der Waals surface area contributed by atoms with Crippen LogP contribution in [0.15, 0.2) is 48.5 Å². The predicted molar refractivity (Wildman–Crippen MR) is 147 cm³/mol. The lowest BCUT2D eigenvalue weighted by Gasteiger charge is -2.23. The van der Waals surface area contributed by atoms with Crippen molar-refractivity contribution in [2.75, 3.05) is 23.8 Å². The summed E-state index contributed by atoms with van der Waals surface area (Å²) in [6.07, 6.45) is 1.94. The van der Waals surface area contributed by atoms with Crippen LogP contribution in [0.2, 0.25) is 10.0 Å². The highest BCUT2D eigenvalue weighted by Crippen LogP contribution is 2.30. The largest absolute Gasteiger partial charge is 0.394 e. The number of halogens is 2. The van der Waals surface area contributed by atoms with Gasteiger partial charge in [-0.3, -0.25) is 10.1 Å². The second-order valence-electron chi connectivity index (χ2n) is 10.2. The molecular weight excluding hydrogens is 513 g/mol. The third-order valence-electron chi connectivity index (χ3n) is 6.34. The highest BCUT2D eigenvalue weighted by molar-refractivity contribution is 6.44. The van der Waals surface area contributed by atoms with Gasteiger partial charge in [-0.05, 0) is 42.7 Å². The summed E-state index contributed by atoms with van der Waals surface area (Å²) in [4.78, 5) is 27.5. The van der Waals surface area contributed by atoms with E-state index in [1.165, 1.54) is 0 Å². The number of amides is 3. The van der Waals surface area contributed by atoms with E-state index in [2.05, 4.69) is 10.6 Å². The van der Waals surface area contributed by atoms with Gasteiger partial charge in [-0.15, -0.1) is 0 Å². The summed E-state index contributed by atoms with van der Waals surface area (Å²) in [5.74, 6) is 0.449. The Labute approximate surface area is 226 Å². The molecule has 3 aromatic rings. The lowest BCUT2D eigenvalue weighted by molar-refractivity contribution is -0.131. The Morgan fingerprint density at radius 3 is 2.59 bits per heavy atom. The summed E-state index contributed by atoms with van der Waals surface area (Å²) in [5.41, 5.74) is 2.43. The molecule has 10 heteroatoms. The molecule has 1 aliphatic rings. The van der Waals surface area contributed by atoms with Crippen LogP contribution in [0.1, 0.15) is 44.9 Å². The minimum atomic E-state index is -0.499. The summed E-state index contributed by atoms with van der Waals surface area (Å²) in [6, 6.07) is 13.7. The second kappa shape index (κ2) is 11.1. The molecule has 2 aromatic carbocycles. The van der Waals surface area contributed by atoms with Crippen molar-refractivity contribution in [2.45, 2.75) is 51.5 Å². The maximum Gasteiger partial charge on any atom is 0.324 e. The maximum absolute atomic E-state index is 12.9. The van der Waals surface area contributed by atoms with Crippen molar-refractivity contribution in [1.29, 1.82) is 0 Å². The fourth-order valence-corrected chi connectivity index (χ4v) is 4.68. The average molecular weight is 544 g/mol. The Bertz CT molecular complexity index is 1300. The van der Waals surface area contributed by atoms with Gasteiger partial charge in [-0.1, -0.05) is 62.2 Å². The summed E-state index contributed by atoms with van der Waals surface area (Å²) in [7, 11) is 0. The minimum Gasteiger partial charge on any atom is -0.394 e. The number of carbonyl (C=O) groups is 2. The van der Waals surface area contributed by atoms with E-state index in [4.69, 9.17) is 28.3 Å². The molecule has 1 saturated heterocycles. The molecule has 3 amide bonds. The molecule has 8 nitrogen and oxygen atoms in total. The van der Waals surface area contributed by atoms with E-state index in [-0.39, 0.29) is 35.4 Å². The maximum atomic E-state index is 12.9. The summed E-state index contributed by atoms with van der Waals surface area (Å²) in [6.45, 7) is 6.76. The Kier molecular flexibility index (Phi) is 8.11. The smallest absolute Gasteiger partial charge is 0.324 e. The van der Waals surface area contributed by atoms with E-state index in [9.17, 15) is 14.7 Å². The average Bonchev–Trinajstić information content (AvgIpc) is 3.49. The second-order valence-corrected chi connectivity index (χ2v) is 11.0. The molecule has 0 saturated carbocycles. The molecule has 0 aliphatic carbocycles. The highest BCUT2D eigenvalue weighted by atomic mass is 35.5. The van der Waals surface area contributed by atoms with Crippen LogP contribution in [0.5, 0.6) is 0 Å². The fraction of sp³-hybridized carbons (Fsp3) is 0.370. The number of hydrogen-bond donors (Lipinski definition) is 3. The van der Waals surface area contributed by atoms with Crippen molar-refractivity contribution < 1.29 is 14.7 Å². The highest BCUT2D eigenvalue weighted by Gasteiger charge is 2.28. The molecule has 196 valence electrons. The van der Waals surface area contributed by atoms with Gasteiger partial charge in [0.25, 0.3) is 0 Å². The number of aliphatic hydroxyl groups excluding tert-OH is 1. The molecule has 2 heterocycles. The number of nitrogens with zero attached hydrogens (tertiary/aromatic N) is 3. The van der Waals surface area contributed by atoms with Crippen LogP contribution >= 0.6 is 23.2 Å². The van der Waals surface area contributed by atoms with Crippen LogP contribution in [0.3, 0.4) is 0 Å². The first-order chi connectivity index (χ1) is 17.6. The first kappa shape index (κ1) is 27.0. The molecule has 37 heavy (non-hydrogen) atoms. The summed E-state index contributed by atoms with van der Waals surface area (Å²) in [5, 5.41) is 20.5. The van der Waals surface area contributed by atoms with Crippen LogP contribution in [0.25, 0.3) is 5.69 Å². The van der Waals surface area contributed by atoms with E-state index in [1.54, 1.807) is 27.8 Å². The Morgan fingerprint density at radius 2 is 1.86 bits per heavy atom. The van der Waals surface area contributed by atoms with E-state index < -0.39 is 6.03 Å². The number of urea groups is 1. The summed E-state index contributed by atoms with van der Waals surface area (Å²) >= 11 is 12.3. The van der Waals surface area contributed by atoms with Crippen LogP contribution in [-0.2, 0) is 16.6 Å². The monoisotopic (exact) mass is 543 g/mol. The van der Waals surface area contributed by atoms with Gasteiger partial charge in [0, 0.05) is 18.0 Å². The van der Waals surface area contributed by atoms with Crippen molar-refractivity contribution in [3.63, 3.8) is 0 Å². The Balaban J connectivity index is 1.59. The Morgan fingerprint density at radius 1 is 1.11 bits per heavy atom. The molecule has 1 aliphatic heterocycles. The predicted octanol–water partition coefficient (Wildman–Crippen LogP) is 5.65. The number of benzene rings is 2. The van der Waals surface area contributed by atoms with Gasteiger partial charge >= 0.3 is 6.03 Å². The van der Waals surface area contributed by atoms with Gasteiger partial charge in [0.1, 0.15) is 5.82 Å². The number of hydrogen-bond acceptors (Lipinski definition) is 4. The number of likely N-dealkylation sites (tertiary alicyclic amines) is 1. The van der Waals surface area contributed by atoms with Crippen LogP contribution in [0, 0.1) is 0 Å². The van der Waals surface area contributed by atoms with Gasteiger partial charge in [0.05, 0.1) is 46.2 Å². The quantitative estimate of drug-likeness (QED) is 0.374. The molecule has 0 radical (unpaired) electrons. The van der Waals surface area contributed by atoms with Crippen LogP contribution in [0.4, 0.5) is 16.3 Å². The van der Waals surface area contributed by atoms with E-state index in [1.807, 2.05) is 51.1 Å². The fourth-order valence-electron chi connectivity index (χ4n) is 4.33. The van der Waals surface area contributed by atoms with Crippen molar-refractivity contribution in [2.24, 2.45) is 0 Å². The van der Waals surface area contributed by atoms with Gasteiger partial charge < -0.3 is 15.3 Å². The number of aliphatic hydroxyl groups is 1. The van der Waals surface area contributed by atoms with E-state index in [0.29, 0.717) is 28.8 Å². The van der Waals surface area contributed by atoms with Crippen LogP contribution in [-0.4, -0.2) is 50.9 Å². The first-order valence-electron chi connectivity index (χ1n) is 12.2. The number of nitrogens with one attached hydrogen (secondary N) is 2. The number of anilines is 2. The number of rotatable bonds is 6. The van der Waals surface area contributed by atoms with Crippen molar-refractivity contribution in [3.8, 4) is 5.69 Å². The summed E-state index contributed by atoms with van der Waals surface area (Å²) < 4.78 is 1.65. The molecule has 0 unspecified atom stereocenters. The zero-order valence-corrected chi connectivity index (χ0v) is 22.6. The lowest BCUT2D eigenvalue weighted by Crippen LogP contribution is -2.38. The molecule has 1 atom stereocenters. The van der Waals surface area contributed by atoms with Gasteiger partial charge in [0.15, 0.2) is 0 Å². The van der Waals surface area contributed by atoms with Gasteiger partial charge in [-0.25, -0.2) is 9.48 Å². The standard InChI is InChI=1S/C27H31Cl2N5O3/c1-27(2,3)22-15-23(31-26(37)30-21-11-5-10-20(28)25(21)29)34(32-22)18-8-4-7-17(13-18)14-24(36)33-12-6-9-19(33)16-35/h4-5,7-8,10-11,13,15,19,35H,6,9,12,14,16H2,1-3H3,(H2,30,31,37)/t19-/m0/s1. The molecule has 1 fully saturated rings. The molecule has 0 bridgehead atoms. The van der Waals surface area contributed by atoms with E-state index in [0.717, 1.165) is 24.1 Å². The normalized spacial score (nSPS) is 15.6. The van der Waals surface area contributed by atoms with Crippen molar-refractivity contribution in [3.05, 3.63) is 69.8 Å². The molecule has 0 spiro atoms. The lowest BCUT2D eigenvalue weighted by atomic mass is 9.92. The minimum absolute atomic E-state index is 0.0133. The third kappa shape index (κ3) is 6.26. The van der Waals surface area contributed by atoms with Crippen molar-refractivity contribution in [1.82, 2.24) is 14.7 Å². The van der Waals surface area contributed by atoms with Crippen molar-refractivity contribution >= 4 is 46.6 Å². The third-order valence-corrected chi connectivity index (χ3v) is 7.16. The molecule has 3 N–H and O–H groups in total. The van der Waals surface area contributed by atoms with Gasteiger partial charge in [0.2, 0.25) is 5.91 Å². The molecule has 1 aromatic heterocycles. The first-order valence-corrected chi connectivity index (χ1v) is 12.9. The zero-order chi connectivity index (χ0) is 26.7. The number of aromatic nitrogens is 2. The van der Waals surface area contributed by atoms with Crippen LogP contribution < -0.4 is 10.6 Å². The number of carbonyl (C=O) groups excluding carboxylic acids is 2. The van der Waals surface area contributed by atoms with E-state index >= 15 is 0 Å². The Hall–Kier alpha value is -3.07. The zero-order valence-electron chi connectivity index (χ0n) is 21.1. The SMILES string of the molecule is CC(C)(C)c1cc(NC(=O)Nc2cccc(Cl)c2Cl)n(-c2cccc(CC(=O)N3CCC[C@H]3CO)c2)n1. The topological polar surface area (TPSA) is 99.5 Å². The molecule has 4 rings (SSSR count). The molecular formula is C27H31Cl2N5O3.